The molecule has 4 nitrogen and oxygen atoms in total. The lowest BCUT2D eigenvalue weighted by molar-refractivity contribution is 0.451. The molecule has 2 aromatic rings. The van der Waals surface area contributed by atoms with Gasteiger partial charge in [0, 0.05) is 20.9 Å². The molecule has 0 spiro atoms. The molecule has 1 fully saturated rings. The molecule has 1 aromatic carbocycles. The average Bonchev–Trinajstić information content (AvgIpc) is 2.81. The summed E-state index contributed by atoms with van der Waals surface area (Å²) in [5.41, 5.74) is 7.82. The second-order valence-electron chi connectivity index (χ2n) is 5.15. The molecular weight excluding hydrogens is 403 g/mol. The fourth-order valence-electron chi connectivity index (χ4n) is 2.65. The van der Waals surface area contributed by atoms with Crippen LogP contribution in [0.2, 0.25) is 0 Å². The Morgan fingerprint density at radius 1 is 1.19 bits per heavy atom. The van der Waals surface area contributed by atoms with Gasteiger partial charge in [-0.1, -0.05) is 0 Å². The SMILES string of the molecule is Nc1cc(C2CCNCC2)nn1-c1c(Br)cc(F)cc1Br. The van der Waals surface area contributed by atoms with Crippen molar-refractivity contribution in [2.45, 2.75) is 18.8 Å². The zero-order valence-corrected chi connectivity index (χ0v) is 14.4. The highest BCUT2D eigenvalue weighted by molar-refractivity contribution is 9.11. The largest absolute Gasteiger partial charge is 0.384 e. The summed E-state index contributed by atoms with van der Waals surface area (Å²) in [6.45, 7) is 2.00. The number of nitrogens with zero attached hydrogens (tertiary/aromatic N) is 2. The van der Waals surface area contributed by atoms with Crippen LogP contribution < -0.4 is 11.1 Å². The molecule has 21 heavy (non-hydrogen) atoms. The number of nitrogens with one attached hydrogen (secondary N) is 1. The van der Waals surface area contributed by atoms with Crippen molar-refractivity contribution in [2.75, 3.05) is 18.8 Å². The molecule has 0 atom stereocenters. The summed E-state index contributed by atoms with van der Waals surface area (Å²) in [5.74, 6) is 0.658. The zero-order valence-electron chi connectivity index (χ0n) is 11.2. The van der Waals surface area contributed by atoms with Crippen LogP contribution in [0.1, 0.15) is 24.5 Å². The van der Waals surface area contributed by atoms with Gasteiger partial charge in [0.15, 0.2) is 0 Å². The third-order valence-electron chi connectivity index (χ3n) is 3.71. The van der Waals surface area contributed by atoms with Gasteiger partial charge in [0.1, 0.15) is 11.6 Å². The molecule has 0 amide bonds. The maximum Gasteiger partial charge on any atom is 0.127 e. The van der Waals surface area contributed by atoms with Gasteiger partial charge < -0.3 is 11.1 Å². The number of nitrogen functional groups attached to an aromatic ring is 1. The summed E-state index contributed by atoms with van der Waals surface area (Å²) in [6, 6.07) is 4.73. The lowest BCUT2D eigenvalue weighted by atomic mass is 9.95. The Kier molecular flexibility index (Phi) is 4.33. The Morgan fingerprint density at radius 3 is 2.43 bits per heavy atom. The first-order valence-corrected chi connectivity index (χ1v) is 8.36. The fourth-order valence-corrected chi connectivity index (χ4v) is 4.11. The van der Waals surface area contributed by atoms with Gasteiger partial charge in [-0.25, -0.2) is 9.07 Å². The molecule has 7 heteroatoms. The zero-order chi connectivity index (χ0) is 15.0. The standard InChI is InChI=1S/C14H15Br2FN4/c15-10-5-9(17)6-11(16)14(10)21-13(18)7-12(20-21)8-1-3-19-4-2-8/h5-8,19H,1-4,18H2. The van der Waals surface area contributed by atoms with Crippen LogP contribution in [0.5, 0.6) is 0 Å². The second kappa shape index (κ2) is 6.06. The lowest BCUT2D eigenvalue weighted by Gasteiger charge is -2.20. The van der Waals surface area contributed by atoms with Crippen LogP contribution in [0.3, 0.4) is 0 Å². The van der Waals surface area contributed by atoms with Gasteiger partial charge in [0.05, 0.1) is 11.4 Å². The number of aromatic nitrogens is 2. The average molecular weight is 418 g/mol. The second-order valence-corrected chi connectivity index (χ2v) is 6.86. The van der Waals surface area contributed by atoms with Crippen molar-refractivity contribution < 1.29 is 4.39 Å². The topological polar surface area (TPSA) is 55.9 Å². The molecule has 2 heterocycles. The molecule has 1 saturated heterocycles. The first-order valence-electron chi connectivity index (χ1n) is 6.77. The lowest BCUT2D eigenvalue weighted by Crippen LogP contribution is -2.26. The molecular formula is C14H15Br2FN4. The highest BCUT2D eigenvalue weighted by atomic mass is 79.9. The Bertz CT molecular complexity index is 642. The number of hydrogen-bond acceptors (Lipinski definition) is 3. The quantitative estimate of drug-likeness (QED) is 0.784. The van der Waals surface area contributed by atoms with Crippen LogP contribution in [0.4, 0.5) is 10.2 Å². The van der Waals surface area contributed by atoms with Gasteiger partial charge in [-0.2, -0.15) is 5.10 Å². The molecule has 0 bridgehead atoms. The van der Waals surface area contributed by atoms with Crippen LogP contribution in [-0.4, -0.2) is 22.9 Å². The van der Waals surface area contributed by atoms with Crippen molar-refractivity contribution in [1.82, 2.24) is 15.1 Å². The van der Waals surface area contributed by atoms with E-state index >= 15 is 0 Å². The van der Waals surface area contributed by atoms with Crippen molar-refractivity contribution in [3.63, 3.8) is 0 Å². The van der Waals surface area contributed by atoms with Crippen LogP contribution in [0, 0.1) is 5.82 Å². The normalized spacial score (nSPS) is 16.3. The van der Waals surface area contributed by atoms with Crippen LogP contribution in [0.15, 0.2) is 27.1 Å². The van der Waals surface area contributed by atoms with E-state index in [0.717, 1.165) is 31.6 Å². The van der Waals surface area contributed by atoms with E-state index in [1.165, 1.54) is 12.1 Å². The van der Waals surface area contributed by atoms with Crippen molar-refractivity contribution in [1.29, 1.82) is 0 Å². The maximum atomic E-state index is 13.4. The third-order valence-corrected chi connectivity index (χ3v) is 4.92. The van der Waals surface area contributed by atoms with Gasteiger partial charge in [0.25, 0.3) is 0 Å². The smallest absolute Gasteiger partial charge is 0.127 e. The molecule has 3 N–H and O–H groups in total. The molecule has 0 unspecified atom stereocenters. The summed E-state index contributed by atoms with van der Waals surface area (Å²) in [4.78, 5) is 0. The summed E-state index contributed by atoms with van der Waals surface area (Å²) in [7, 11) is 0. The molecule has 1 aliphatic heterocycles. The minimum atomic E-state index is -0.318. The first-order chi connectivity index (χ1) is 10.1. The highest BCUT2D eigenvalue weighted by Crippen LogP contribution is 2.33. The van der Waals surface area contributed by atoms with E-state index in [1.54, 1.807) is 4.68 Å². The molecule has 112 valence electrons. The minimum Gasteiger partial charge on any atom is -0.384 e. The van der Waals surface area contributed by atoms with E-state index in [9.17, 15) is 4.39 Å². The number of piperidine rings is 1. The van der Waals surface area contributed by atoms with E-state index in [2.05, 4.69) is 42.3 Å². The van der Waals surface area contributed by atoms with Crippen LogP contribution >= 0.6 is 31.9 Å². The van der Waals surface area contributed by atoms with Crippen LogP contribution in [-0.2, 0) is 0 Å². The predicted molar refractivity (Wildman–Crippen MR) is 88.2 cm³/mol. The van der Waals surface area contributed by atoms with Crippen molar-refractivity contribution in [2.24, 2.45) is 0 Å². The predicted octanol–water partition coefficient (Wildman–Crippen LogP) is 3.59. The summed E-state index contributed by atoms with van der Waals surface area (Å²) >= 11 is 6.76. The van der Waals surface area contributed by atoms with Crippen molar-refractivity contribution >= 4 is 37.7 Å². The molecule has 0 saturated carbocycles. The number of rotatable bonds is 2. The van der Waals surface area contributed by atoms with Gasteiger partial charge >= 0.3 is 0 Å². The fraction of sp³-hybridized carbons (Fsp3) is 0.357. The van der Waals surface area contributed by atoms with Gasteiger partial charge in [-0.15, -0.1) is 0 Å². The first kappa shape index (κ1) is 15.0. The van der Waals surface area contributed by atoms with E-state index in [0.29, 0.717) is 26.4 Å². The summed E-state index contributed by atoms with van der Waals surface area (Å²) < 4.78 is 16.3. The Balaban J connectivity index is 2.02. The Hall–Kier alpha value is -0.920. The minimum absolute atomic E-state index is 0.318. The number of nitrogens with two attached hydrogens (primary N) is 1. The number of hydrogen-bond donors (Lipinski definition) is 2. The molecule has 1 aliphatic rings. The van der Waals surface area contributed by atoms with Crippen molar-refractivity contribution in [3.05, 3.63) is 38.7 Å². The molecule has 3 rings (SSSR count). The van der Waals surface area contributed by atoms with E-state index < -0.39 is 0 Å². The van der Waals surface area contributed by atoms with E-state index in [1.807, 2.05) is 6.07 Å². The van der Waals surface area contributed by atoms with E-state index in [-0.39, 0.29) is 5.82 Å². The number of benzene rings is 1. The molecule has 1 aromatic heterocycles. The number of anilines is 1. The third kappa shape index (κ3) is 3.00. The highest BCUT2D eigenvalue weighted by Gasteiger charge is 2.21. The van der Waals surface area contributed by atoms with Gasteiger partial charge in [0.2, 0.25) is 0 Å². The Labute approximate surface area is 139 Å². The molecule has 0 radical (unpaired) electrons. The monoisotopic (exact) mass is 416 g/mol. The summed E-state index contributed by atoms with van der Waals surface area (Å²) in [5, 5.41) is 7.98. The molecule has 0 aliphatic carbocycles. The van der Waals surface area contributed by atoms with Gasteiger partial charge in [-0.3, -0.25) is 0 Å². The maximum absolute atomic E-state index is 13.4. The summed E-state index contributed by atoms with van der Waals surface area (Å²) in [6.07, 6.45) is 2.12. The number of halogens is 3. The van der Waals surface area contributed by atoms with E-state index in [4.69, 9.17) is 5.73 Å². The van der Waals surface area contributed by atoms with Crippen LogP contribution in [0.25, 0.3) is 5.69 Å². The Morgan fingerprint density at radius 2 is 1.81 bits per heavy atom. The van der Waals surface area contributed by atoms with Gasteiger partial charge in [-0.05, 0) is 69.9 Å². The van der Waals surface area contributed by atoms with Crippen molar-refractivity contribution in [3.8, 4) is 5.69 Å².